The highest BCUT2D eigenvalue weighted by Crippen LogP contribution is 2.33. The van der Waals surface area contributed by atoms with Crippen molar-refractivity contribution in [2.75, 3.05) is 37.0 Å². The number of Topliss-reactive ketones (excluding diaryl/α,β-unsaturated/α-hetero) is 1. The highest BCUT2D eigenvalue weighted by molar-refractivity contribution is 5.98. The minimum atomic E-state index is -0.438. The first-order chi connectivity index (χ1) is 13.1. The summed E-state index contributed by atoms with van der Waals surface area (Å²) in [4.78, 5) is 16.3. The van der Waals surface area contributed by atoms with Gasteiger partial charge < -0.3 is 14.9 Å². The lowest BCUT2D eigenvalue weighted by Crippen LogP contribution is -2.20. The van der Waals surface area contributed by atoms with Gasteiger partial charge in [-0.2, -0.15) is 0 Å². The molecule has 0 bridgehead atoms. The van der Waals surface area contributed by atoms with E-state index in [1.807, 2.05) is 18.2 Å². The molecule has 4 rings (SSSR count). The summed E-state index contributed by atoms with van der Waals surface area (Å²) in [6, 6.07) is 18.7. The highest BCUT2D eigenvalue weighted by atomic mass is 16.3. The number of fused-ring (bicyclic) bond motifs is 2. The third-order valence-electron chi connectivity index (χ3n) is 5.37. The van der Waals surface area contributed by atoms with Crippen molar-refractivity contribution in [3.05, 3.63) is 71.3 Å². The lowest BCUT2D eigenvalue weighted by Gasteiger charge is -2.22. The Labute approximate surface area is 159 Å². The maximum absolute atomic E-state index is 11.8. The van der Waals surface area contributed by atoms with Crippen LogP contribution in [0.5, 0.6) is 0 Å². The Hall–Kier alpha value is -2.85. The molecule has 0 aliphatic carbocycles. The first-order valence-electron chi connectivity index (χ1n) is 9.28. The average molecular weight is 360 g/mol. The van der Waals surface area contributed by atoms with Crippen molar-refractivity contribution >= 4 is 27.9 Å². The Morgan fingerprint density at radius 3 is 2.63 bits per heavy atom. The summed E-state index contributed by atoms with van der Waals surface area (Å²) in [6.07, 6.45) is 0.926. The molecule has 0 spiro atoms. The molecule has 0 atom stereocenters. The molecule has 1 N–H and O–H groups in total. The smallest absolute Gasteiger partial charge is 0.188 e. The van der Waals surface area contributed by atoms with Crippen LogP contribution in [-0.2, 0) is 13.0 Å². The van der Waals surface area contributed by atoms with Gasteiger partial charge in [0.25, 0.3) is 0 Å². The normalized spacial score (nSPS) is 13.1. The van der Waals surface area contributed by atoms with Crippen LogP contribution in [0.4, 0.5) is 11.4 Å². The van der Waals surface area contributed by atoms with Crippen LogP contribution in [0, 0.1) is 0 Å². The lowest BCUT2D eigenvalue weighted by atomic mass is 10.0. The van der Waals surface area contributed by atoms with Crippen LogP contribution >= 0.6 is 0 Å². The molecule has 0 fully saturated rings. The van der Waals surface area contributed by atoms with Crippen molar-refractivity contribution in [3.63, 3.8) is 0 Å². The van der Waals surface area contributed by atoms with Gasteiger partial charge in [0.1, 0.15) is 6.61 Å². The maximum atomic E-state index is 11.8. The molecule has 0 amide bonds. The van der Waals surface area contributed by atoms with E-state index >= 15 is 0 Å². The molecular weight excluding hydrogens is 336 g/mol. The number of hydrogen-bond donors (Lipinski definition) is 1. The van der Waals surface area contributed by atoms with E-state index < -0.39 is 6.61 Å². The number of nitrogens with zero attached hydrogens (tertiary/aromatic N) is 2. The van der Waals surface area contributed by atoms with Crippen LogP contribution in [0.3, 0.4) is 0 Å². The molecule has 0 saturated heterocycles. The fraction of sp³-hybridized carbons (Fsp3) is 0.261. The number of ketones is 1. The van der Waals surface area contributed by atoms with Gasteiger partial charge in [-0.05, 0) is 47.2 Å². The fourth-order valence-electron chi connectivity index (χ4n) is 3.99. The van der Waals surface area contributed by atoms with Crippen molar-refractivity contribution in [1.82, 2.24) is 0 Å². The summed E-state index contributed by atoms with van der Waals surface area (Å²) in [5.41, 5.74) is 5.50. The first kappa shape index (κ1) is 17.6. The van der Waals surface area contributed by atoms with E-state index in [1.54, 1.807) is 0 Å². The summed E-state index contributed by atoms with van der Waals surface area (Å²) in [5.74, 6) is -0.221. The predicted molar refractivity (Wildman–Crippen MR) is 111 cm³/mol. The van der Waals surface area contributed by atoms with Gasteiger partial charge in [-0.15, -0.1) is 0 Å². The first-order valence-corrected chi connectivity index (χ1v) is 9.28. The van der Waals surface area contributed by atoms with Gasteiger partial charge in [-0.3, -0.25) is 4.79 Å². The Morgan fingerprint density at radius 1 is 1.07 bits per heavy atom. The molecule has 1 heterocycles. The third kappa shape index (κ3) is 3.17. The summed E-state index contributed by atoms with van der Waals surface area (Å²) in [5, 5.41) is 11.6. The molecule has 3 aromatic rings. The number of aliphatic hydroxyl groups excluding tert-OH is 1. The molecule has 3 aromatic carbocycles. The zero-order valence-corrected chi connectivity index (χ0v) is 15.8. The number of anilines is 2. The molecule has 1 aliphatic rings. The third-order valence-corrected chi connectivity index (χ3v) is 5.37. The van der Waals surface area contributed by atoms with Gasteiger partial charge in [-0.25, -0.2) is 0 Å². The Balaban J connectivity index is 1.67. The number of hydrogen-bond acceptors (Lipinski definition) is 4. The molecule has 1 aliphatic heterocycles. The minimum absolute atomic E-state index is 0.221. The predicted octanol–water partition coefficient (Wildman–Crippen LogP) is 3.64. The van der Waals surface area contributed by atoms with Gasteiger partial charge in [0, 0.05) is 49.5 Å². The summed E-state index contributed by atoms with van der Waals surface area (Å²) in [7, 11) is 4.15. The van der Waals surface area contributed by atoms with Gasteiger partial charge >= 0.3 is 0 Å². The Bertz CT molecular complexity index is 1010. The quantitative estimate of drug-likeness (QED) is 0.706. The van der Waals surface area contributed by atoms with Crippen LogP contribution < -0.4 is 9.80 Å². The van der Waals surface area contributed by atoms with Crippen molar-refractivity contribution in [2.24, 2.45) is 0 Å². The van der Waals surface area contributed by atoms with Gasteiger partial charge in [0.2, 0.25) is 0 Å². The van der Waals surface area contributed by atoms with Crippen LogP contribution in [0.15, 0.2) is 54.6 Å². The Morgan fingerprint density at radius 2 is 1.85 bits per heavy atom. The van der Waals surface area contributed by atoms with E-state index in [4.69, 9.17) is 5.11 Å². The minimum Gasteiger partial charge on any atom is -0.388 e. The van der Waals surface area contributed by atoms with E-state index in [0.29, 0.717) is 5.56 Å². The van der Waals surface area contributed by atoms with Crippen LogP contribution in [0.1, 0.15) is 21.5 Å². The molecular formula is C23H24N2O2. The molecule has 0 unspecified atom stereocenters. The SMILES string of the molecule is CN(C)c1cccc2c(CN3CCc4cc(C(=O)CO)ccc43)cccc12. The second-order valence-electron chi connectivity index (χ2n) is 7.28. The van der Waals surface area contributed by atoms with Crippen molar-refractivity contribution in [2.45, 2.75) is 13.0 Å². The molecule has 0 saturated carbocycles. The maximum Gasteiger partial charge on any atom is 0.188 e. The molecule has 0 aromatic heterocycles. The standard InChI is InChI=1S/C23H24N2O2/c1-24(2)22-8-4-6-19-18(5-3-7-20(19)22)14-25-12-11-16-13-17(23(27)15-26)9-10-21(16)25/h3-10,13,26H,11-12,14-15H2,1-2H3. The van der Waals surface area contributed by atoms with E-state index in [0.717, 1.165) is 19.5 Å². The fourth-order valence-corrected chi connectivity index (χ4v) is 3.99. The molecule has 0 radical (unpaired) electrons. The van der Waals surface area contributed by atoms with E-state index in [9.17, 15) is 4.79 Å². The van der Waals surface area contributed by atoms with Crippen LogP contribution in [-0.4, -0.2) is 38.1 Å². The number of aliphatic hydroxyl groups is 1. The van der Waals surface area contributed by atoms with Gasteiger partial charge in [0.05, 0.1) is 0 Å². The van der Waals surface area contributed by atoms with E-state index in [2.05, 4.69) is 60.3 Å². The average Bonchev–Trinajstić information content (AvgIpc) is 3.09. The van der Waals surface area contributed by atoms with Crippen molar-refractivity contribution in [3.8, 4) is 0 Å². The lowest BCUT2D eigenvalue weighted by molar-refractivity contribution is 0.0903. The zero-order valence-electron chi connectivity index (χ0n) is 15.8. The number of carbonyl (C=O) groups is 1. The highest BCUT2D eigenvalue weighted by Gasteiger charge is 2.21. The van der Waals surface area contributed by atoms with Crippen molar-refractivity contribution < 1.29 is 9.90 Å². The topological polar surface area (TPSA) is 43.8 Å². The monoisotopic (exact) mass is 360 g/mol. The summed E-state index contributed by atoms with van der Waals surface area (Å²) >= 11 is 0. The molecule has 4 heteroatoms. The molecule has 4 nitrogen and oxygen atoms in total. The Kier molecular flexibility index (Phi) is 4.58. The number of rotatable bonds is 5. The molecule has 27 heavy (non-hydrogen) atoms. The second kappa shape index (κ2) is 7.05. The van der Waals surface area contributed by atoms with E-state index in [1.165, 1.54) is 33.3 Å². The van der Waals surface area contributed by atoms with Crippen LogP contribution in [0.2, 0.25) is 0 Å². The van der Waals surface area contributed by atoms with Crippen molar-refractivity contribution in [1.29, 1.82) is 0 Å². The number of benzene rings is 3. The van der Waals surface area contributed by atoms with Crippen LogP contribution in [0.25, 0.3) is 10.8 Å². The second-order valence-corrected chi connectivity index (χ2v) is 7.28. The van der Waals surface area contributed by atoms with Gasteiger partial charge in [0.15, 0.2) is 5.78 Å². The largest absolute Gasteiger partial charge is 0.388 e. The number of carbonyl (C=O) groups excluding carboxylic acids is 1. The van der Waals surface area contributed by atoms with E-state index in [-0.39, 0.29) is 5.78 Å². The summed E-state index contributed by atoms with van der Waals surface area (Å²) < 4.78 is 0. The van der Waals surface area contributed by atoms with Gasteiger partial charge in [-0.1, -0.05) is 30.3 Å². The molecule has 138 valence electrons. The summed E-state index contributed by atoms with van der Waals surface area (Å²) in [6.45, 7) is 1.34. The zero-order chi connectivity index (χ0) is 19.0.